The molecule has 1 aromatic heterocycles. The summed E-state index contributed by atoms with van der Waals surface area (Å²) < 4.78 is 1.99. The van der Waals surface area contributed by atoms with E-state index in [1.165, 1.54) is 0 Å². The van der Waals surface area contributed by atoms with Crippen LogP contribution in [0.2, 0.25) is 0 Å². The second kappa shape index (κ2) is 6.42. The van der Waals surface area contributed by atoms with Gasteiger partial charge in [-0.05, 0) is 28.8 Å². The Kier molecular flexibility index (Phi) is 4.17. The van der Waals surface area contributed by atoms with E-state index in [0.717, 1.165) is 22.4 Å². The highest BCUT2D eigenvalue weighted by molar-refractivity contribution is 6.17. The molecule has 0 aliphatic heterocycles. The molecule has 0 fully saturated rings. The van der Waals surface area contributed by atoms with E-state index in [1.807, 2.05) is 29.0 Å². The van der Waals surface area contributed by atoms with E-state index in [-0.39, 0.29) is 0 Å². The lowest BCUT2D eigenvalue weighted by Crippen LogP contribution is -1.89. The molecule has 3 aromatic rings. The second-order valence-corrected chi connectivity index (χ2v) is 5.04. The van der Waals surface area contributed by atoms with Gasteiger partial charge in [-0.15, -0.1) is 11.6 Å². The van der Waals surface area contributed by atoms with Gasteiger partial charge in [0.1, 0.15) is 0 Å². The van der Waals surface area contributed by atoms with Crippen LogP contribution in [0.4, 0.5) is 0 Å². The van der Waals surface area contributed by atoms with Crippen LogP contribution in [-0.4, -0.2) is 9.55 Å². The molecule has 0 aliphatic carbocycles. The normalized spacial score (nSPS) is 11.1. The van der Waals surface area contributed by atoms with Crippen LogP contribution in [0.3, 0.4) is 0 Å². The van der Waals surface area contributed by atoms with E-state index >= 15 is 0 Å². The molecule has 0 atom stereocenters. The summed E-state index contributed by atoms with van der Waals surface area (Å²) in [5.41, 5.74) is 4.54. The second-order valence-electron chi connectivity index (χ2n) is 4.78. The summed E-state index contributed by atoms with van der Waals surface area (Å²) in [6, 6.07) is 16.6. The number of halogens is 1. The third-order valence-corrected chi connectivity index (χ3v) is 3.55. The first-order valence-electron chi connectivity index (χ1n) is 6.76. The first kappa shape index (κ1) is 13.7. The Morgan fingerprint density at radius 3 is 2.48 bits per heavy atom. The average Bonchev–Trinajstić information content (AvgIpc) is 3.08. The molecule has 0 aliphatic rings. The lowest BCUT2D eigenvalue weighted by molar-refractivity contribution is 1.06. The summed E-state index contributed by atoms with van der Waals surface area (Å²) in [5.74, 6) is 0.539. The zero-order valence-corrected chi connectivity index (χ0v) is 12.2. The molecule has 0 radical (unpaired) electrons. The molecule has 0 bridgehead atoms. The van der Waals surface area contributed by atoms with Gasteiger partial charge in [0.05, 0.1) is 6.33 Å². The third kappa shape index (κ3) is 3.41. The number of imidazole rings is 1. The number of nitrogens with zero attached hydrogens (tertiary/aromatic N) is 2. The Morgan fingerprint density at radius 1 is 1.00 bits per heavy atom. The predicted octanol–water partition coefficient (Wildman–Crippen LogP) is 4.78. The van der Waals surface area contributed by atoms with E-state index in [0.29, 0.717) is 5.88 Å². The monoisotopic (exact) mass is 294 g/mol. The van der Waals surface area contributed by atoms with E-state index in [4.69, 9.17) is 11.6 Å². The van der Waals surface area contributed by atoms with E-state index < -0.39 is 0 Å². The van der Waals surface area contributed by atoms with Gasteiger partial charge in [-0.25, -0.2) is 4.98 Å². The summed E-state index contributed by atoms with van der Waals surface area (Å²) in [6.07, 6.45) is 9.72. The minimum atomic E-state index is 0.539. The quantitative estimate of drug-likeness (QED) is 0.500. The van der Waals surface area contributed by atoms with Gasteiger partial charge in [0.2, 0.25) is 0 Å². The van der Waals surface area contributed by atoms with Crippen LogP contribution in [0.1, 0.15) is 16.7 Å². The summed E-state index contributed by atoms with van der Waals surface area (Å²) >= 11 is 5.86. The van der Waals surface area contributed by atoms with E-state index in [1.54, 1.807) is 12.5 Å². The fraction of sp³-hybridized carbons (Fsp3) is 0.0556. The zero-order valence-electron chi connectivity index (χ0n) is 11.5. The molecule has 0 saturated carbocycles. The Bertz CT molecular complexity index is 745. The van der Waals surface area contributed by atoms with Gasteiger partial charge in [-0.1, -0.05) is 48.6 Å². The first-order chi connectivity index (χ1) is 10.3. The largest absolute Gasteiger partial charge is 0.306 e. The van der Waals surface area contributed by atoms with Crippen LogP contribution < -0.4 is 0 Å². The topological polar surface area (TPSA) is 17.8 Å². The lowest BCUT2D eigenvalue weighted by Gasteiger charge is -2.03. The standard InChI is InChI=1S/C18H15ClN2/c19-13-17-5-1-3-15(11-17)7-8-16-4-2-6-18(12-16)21-10-9-20-14-21/h1-12,14H,13H2. The van der Waals surface area contributed by atoms with Crippen LogP contribution in [0.5, 0.6) is 0 Å². The van der Waals surface area contributed by atoms with Crippen molar-refractivity contribution in [1.29, 1.82) is 0 Å². The number of hydrogen-bond acceptors (Lipinski definition) is 1. The number of alkyl halides is 1. The van der Waals surface area contributed by atoms with Crippen molar-refractivity contribution in [2.75, 3.05) is 0 Å². The summed E-state index contributed by atoms with van der Waals surface area (Å²) in [6.45, 7) is 0. The highest BCUT2D eigenvalue weighted by Gasteiger charge is 1.96. The average molecular weight is 295 g/mol. The first-order valence-corrected chi connectivity index (χ1v) is 7.30. The molecule has 3 heteroatoms. The Hall–Kier alpha value is -2.32. The summed E-state index contributed by atoms with van der Waals surface area (Å²) in [5, 5.41) is 0. The molecule has 0 N–H and O–H groups in total. The molecule has 0 saturated heterocycles. The highest BCUT2D eigenvalue weighted by Crippen LogP contribution is 2.14. The van der Waals surface area contributed by atoms with Crippen LogP contribution in [0.25, 0.3) is 17.8 Å². The Morgan fingerprint density at radius 2 is 1.76 bits per heavy atom. The number of hydrogen-bond donors (Lipinski definition) is 0. The lowest BCUT2D eigenvalue weighted by atomic mass is 10.1. The number of benzene rings is 2. The molecular weight excluding hydrogens is 280 g/mol. The molecule has 21 heavy (non-hydrogen) atoms. The highest BCUT2D eigenvalue weighted by atomic mass is 35.5. The maximum absolute atomic E-state index is 5.86. The van der Waals surface area contributed by atoms with Gasteiger partial charge in [0.25, 0.3) is 0 Å². The van der Waals surface area contributed by atoms with Crippen molar-refractivity contribution in [1.82, 2.24) is 9.55 Å². The van der Waals surface area contributed by atoms with Crippen molar-refractivity contribution in [3.63, 3.8) is 0 Å². The van der Waals surface area contributed by atoms with Crippen molar-refractivity contribution in [3.05, 3.63) is 83.9 Å². The Labute approximate surface area is 129 Å². The van der Waals surface area contributed by atoms with Crippen molar-refractivity contribution in [2.24, 2.45) is 0 Å². The van der Waals surface area contributed by atoms with Crippen LogP contribution in [0.15, 0.2) is 67.3 Å². The van der Waals surface area contributed by atoms with E-state index in [2.05, 4.69) is 47.5 Å². The molecule has 2 aromatic carbocycles. The Balaban J connectivity index is 1.84. The summed E-state index contributed by atoms with van der Waals surface area (Å²) in [4.78, 5) is 4.07. The predicted molar refractivity (Wildman–Crippen MR) is 88.5 cm³/mol. The van der Waals surface area contributed by atoms with Gasteiger partial charge in [0.15, 0.2) is 0 Å². The zero-order chi connectivity index (χ0) is 14.5. The van der Waals surface area contributed by atoms with Gasteiger partial charge in [-0.3, -0.25) is 0 Å². The fourth-order valence-electron chi connectivity index (χ4n) is 2.17. The summed E-state index contributed by atoms with van der Waals surface area (Å²) in [7, 11) is 0. The fourth-order valence-corrected chi connectivity index (χ4v) is 2.34. The van der Waals surface area contributed by atoms with Gasteiger partial charge in [0, 0.05) is 24.0 Å². The van der Waals surface area contributed by atoms with E-state index in [9.17, 15) is 0 Å². The third-order valence-electron chi connectivity index (χ3n) is 3.25. The number of aromatic nitrogens is 2. The van der Waals surface area contributed by atoms with Crippen molar-refractivity contribution in [3.8, 4) is 5.69 Å². The van der Waals surface area contributed by atoms with Gasteiger partial charge < -0.3 is 4.57 Å². The van der Waals surface area contributed by atoms with Crippen molar-refractivity contribution in [2.45, 2.75) is 5.88 Å². The maximum Gasteiger partial charge on any atom is 0.0991 e. The van der Waals surface area contributed by atoms with Crippen molar-refractivity contribution >= 4 is 23.8 Å². The van der Waals surface area contributed by atoms with Crippen LogP contribution >= 0.6 is 11.6 Å². The molecule has 0 amide bonds. The van der Waals surface area contributed by atoms with Gasteiger partial charge >= 0.3 is 0 Å². The molecular formula is C18H15ClN2. The maximum atomic E-state index is 5.86. The van der Waals surface area contributed by atoms with Crippen LogP contribution in [0, 0.1) is 0 Å². The minimum Gasteiger partial charge on any atom is -0.306 e. The molecule has 2 nitrogen and oxygen atoms in total. The number of rotatable bonds is 4. The minimum absolute atomic E-state index is 0.539. The smallest absolute Gasteiger partial charge is 0.0991 e. The van der Waals surface area contributed by atoms with Gasteiger partial charge in [-0.2, -0.15) is 0 Å². The molecule has 0 unspecified atom stereocenters. The van der Waals surface area contributed by atoms with Crippen LogP contribution in [-0.2, 0) is 5.88 Å². The molecule has 104 valence electrons. The molecule has 3 rings (SSSR count). The van der Waals surface area contributed by atoms with Crippen molar-refractivity contribution < 1.29 is 0 Å². The molecule has 1 heterocycles. The molecule has 0 spiro atoms. The SMILES string of the molecule is ClCc1cccc(C=Cc2cccc(-n3ccnc3)c2)c1.